The minimum atomic E-state index is 0.0621. The summed E-state index contributed by atoms with van der Waals surface area (Å²) in [4.78, 5) is 8.65. The largest absolute Gasteiger partial charge is 0.396 e. The van der Waals surface area contributed by atoms with Gasteiger partial charge in [0.15, 0.2) is 0 Å². The van der Waals surface area contributed by atoms with Gasteiger partial charge in [-0.05, 0) is 25.7 Å². The number of nitrogens with one attached hydrogen (secondary N) is 1. The highest BCUT2D eigenvalue weighted by Crippen LogP contribution is 2.20. The van der Waals surface area contributed by atoms with E-state index in [0.717, 1.165) is 30.2 Å². The summed E-state index contributed by atoms with van der Waals surface area (Å²) in [6.45, 7) is 9.10. The third kappa shape index (κ3) is 3.77. The Bertz CT molecular complexity index is 350. The lowest BCUT2D eigenvalue weighted by atomic mass is 9.90. The van der Waals surface area contributed by atoms with Crippen molar-refractivity contribution in [3.63, 3.8) is 0 Å². The van der Waals surface area contributed by atoms with E-state index in [2.05, 4.69) is 29.1 Å². The molecule has 0 fully saturated rings. The minimum absolute atomic E-state index is 0.0621. The second-order valence-corrected chi connectivity index (χ2v) is 4.94. The van der Waals surface area contributed by atoms with Crippen molar-refractivity contribution in [3.05, 3.63) is 17.6 Å². The standard InChI is InChI=1S/C12H21N3O/c1-9-7-13-10(2)11(15-9)14-8-12(3,4)5-6-16/h7,16H,5-6,8H2,1-4H3,(H,14,15). The summed E-state index contributed by atoms with van der Waals surface area (Å²) < 4.78 is 0. The number of hydrogen-bond donors (Lipinski definition) is 2. The zero-order valence-electron chi connectivity index (χ0n) is 10.5. The lowest BCUT2D eigenvalue weighted by Gasteiger charge is -2.24. The fourth-order valence-electron chi connectivity index (χ4n) is 1.42. The van der Waals surface area contributed by atoms with Crippen LogP contribution in [0, 0.1) is 19.3 Å². The predicted octanol–water partition coefficient (Wildman–Crippen LogP) is 1.91. The molecule has 0 atom stereocenters. The summed E-state index contributed by atoms with van der Waals surface area (Å²) in [5.41, 5.74) is 1.88. The van der Waals surface area contributed by atoms with Crippen LogP contribution in [0.4, 0.5) is 5.82 Å². The maximum Gasteiger partial charge on any atom is 0.147 e. The summed E-state index contributed by atoms with van der Waals surface area (Å²) >= 11 is 0. The first-order valence-electron chi connectivity index (χ1n) is 5.59. The van der Waals surface area contributed by atoms with Gasteiger partial charge in [-0.15, -0.1) is 0 Å². The van der Waals surface area contributed by atoms with Gasteiger partial charge in [-0.25, -0.2) is 4.98 Å². The quantitative estimate of drug-likeness (QED) is 0.800. The molecule has 0 aliphatic carbocycles. The van der Waals surface area contributed by atoms with Crippen LogP contribution in [0.5, 0.6) is 0 Å². The van der Waals surface area contributed by atoms with Gasteiger partial charge < -0.3 is 10.4 Å². The number of hydrogen-bond acceptors (Lipinski definition) is 4. The number of aryl methyl sites for hydroxylation is 2. The van der Waals surface area contributed by atoms with E-state index >= 15 is 0 Å². The van der Waals surface area contributed by atoms with Gasteiger partial charge in [-0.3, -0.25) is 4.98 Å². The van der Waals surface area contributed by atoms with Crippen LogP contribution < -0.4 is 5.32 Å². The summed E-state index contributed by atoms with van der Waals surface area (Å²) in [7, 11) is 0. The van der Waals surface area contributed by atoms with Crippen LogP contribution in [0.25, 0.3) is 0 Å². The zero-order chi connectivity index (χ0) is 12.2. The summed E-state index contributed by atoms with van der Waals surface area (Å²) in [6, 6.07) is 0. The van der Waals surface area contributed by atoms with E-state index in [1.807, 2.05) is 13.8 Å². The SMILES string of the molecule is Cc1cnc(C)c(NCC(C)(C)CCO)n1. The molecule has 1 rings (SSSR count). The van der Waals surface area contributed by atoms with Crippen LogP contribution in [0.15, 0.2) is 6.20 Å². The van der Waals surface area contributed by atoms with E-state index < -0.39 is 0 Å². The van der Waals surface area contributed by atoms with E-state index in [1.54, 1.807) is 6.20 Å². The Kier molecular flexibility index (Phi) is 4.24. The van der Waals surface area contributed by atoms with Crippen LogP contribution in [-0.2, 0) is 0 Å². The van der Waals surface area contributed by atoms with Crippen molar-refractivity contribution in [1.29, 1.82) is 0 Å². The first kappa shape index (κ1) is 12.9. The predicted molar refractivity (Wildman–Crippen MR) is 65.5 cm³/mol. The van der Waals surface area contributed by atoms with Crippen molar-refractivity contribution in [2.45, 2.75) is 34.1 Å². The number of anilines is 1. The maximum absolute atomic E-state index is 8.94. The number of rotatable bonds is 5. The molecule has 0 bridgehead atoms. The van der Waals surface area contributed by atoms with E-state index in [-0.39, 0.29) is 12.0 Å². The Hall–Kier alpha value is -1.16. The molecule has 0 saturated heterocycles. The molecule has 0 unspecified atom stereocenters. The fourth-order valence-corrected chi connectivity index (χ4v) is 1.42. The van der Waals surface area contributed by atoms with Crippen molar-refractivity contribution in [1.82, 2.24) is 9.97 Å². The van der Waals surface area contributed by atoms with Crippen LogP contribution in [0.1, 0.15) is 31.7 Å². The van der Waals surface area contributed by atoms with Crippen LogP contribution >= 0.6 is 0 Å². The third-order valence-electron chi connectivity index (χ3n) is 2.60. The van der Waals surface area contributed by atoms with Gasteiger partial charge in [-0.1, -0.05) is 13.8 Å². The molecule has 1 aromatic heterocycles. The second-order valence-electron chi connectivity index (χ2n) is 4.94. The molecule has 0 aromatic carbocycles. The van der Waals surface area contributed by atoms with Crippen molar-refractivity contribution < 1.29 is 5.11 Å². The highest BCUT2D eigenvalue weighted by atomic mass is 16.3. The van der Waals surface area contributed by atoms with Gasteiger partial charge in [0.25, 0.3) is 0 Å². The average molecular weight is 223 g/mol. The van der Waals surface area contributed by atoms with Crippen molar-refractivity contribution in [2.24, 2.45) is 5.41 Å². The number of aromatic nitrogens is 2. The lowest BCUT2D eigenvalue weighted by Crippen LogP contribution is -2.25. The summed E-state index contributed by atoms with van der Waals surface area (Å²) in [5.74, 6) is 0.839. The molecule has 0 radical (unpaired) electrons. The molecule has 16 heavy (non-hydrogen) atoms. The van der Waals surface area contributed by atoms with E-state index in [0.29, 0.717) is 0 Å². The summed E-state index contributed by atoms with van der Waals surface area (Å²) in [6.07, 6.45) is 2.54. The number of aliphatic hydroxyl groups is 1. The molecule has 4 nitrogen and oxygen atoms in total. The smallest absolute Gasteiger partial charge is 0.147 e. The molecule has 0 amide bonds. The molecule has 0 aliphatic rings. The van der Waals surface area contributed by atoms with Crippen LogP contribution in [0.2, 0.25) is 0 Å². The van der Waals surface area contributed by atoms with E-state index in [9.17, 15) is 0 Å². The average Bonchev–Trinajstić information content (AvgIpc) is 2.19. The topological polar surface area (TPSA) is 58.0 Å². The normalized spacial score (nSPS) is 11.6. The molecule has 1 heterocycles. The van der Waals surface area contributed by atoms with Gasteiger partial charge in [0, 0.05) is 19.3 Å². The zero-order valence-corrected chi connectivity index (χ0v) is 10.5. The number of nitrogens with zero attached hydrogens (tertiary/aromatic N) is 2. The summed E-state index contributed by atoms with van der Waals surface area (Å²) in [5, 5.41) is 12.2. The highest BCUT2D eigenvalue weighted by molar-refractivity contribution is 5.39. The Morgan fingerprint density at radius 1 is 1.38 bits per heavy atom. The molecular weight excluding hydrogens is 202 g/mol. The Morgan fingerprint density at radius 3 is 2.69 bits per heavy atom. The van der Waals surface area contributed by atoms with Gasteiger partial charge >= 0.3 is 0 Å². The molecule has 2 N–H and O–H groups in total. The third-order valence-corrected chi connectivity index (χ3v) is 2.60. The minimum Gasteiger partial charge on any atom is -0.396 e. The second kappa shape index (κ2) is 5.25. The molecule has 1 aromatic rings. The molecule has 0 spiro atoms. The lowest BCUT2D eigenvalue weighted by molar-refractivity contribution is 0.220. The monoisotopic (exact) mass is 223 g/mol. The van der Waals surface area contributed by atoms with Crippen molar-refractivity contribution in [2.75, 3.05) is 18.5 Å². The van der Waals surface area contributed by atoms with Gasteiger partial charge in [0.05, 0.1) is 11.4 Å². The molecule has 0 saturated carbocycles. The van der Waals surface area contributed by atoms with Crippen molar-refractivity contribution in [3.8, 4) is 0 Å². The molecule has 0 aliphatic heterocycles. The Morgan fingerprint density at radius 2 is 2.06 bits per heavy atom. The molecular formula is C12H21N3O. The highest BCUT2D eigenvalue weighted by Gasteiger charge is 2.17. The van der Waals surface area contributed by atoms with Gasteiger partial charge in [0.1, 0.15) is 5.82 Å². The van der Waals surface area contributed by atoms with Crippen LogP contribution in [-0.4, -0.2) is 28.2 Å². The van der Waals surface area contributed by atoms with Crippen LogP contribution in [0.3, 0.4) is 0 Å². The first-order valence-corrected chi connectivity index (χ1v) is 5.59. The van der Waals surface area contributed by atoms with E-state index in [4.69, 9.17) is 5.11 Å². The first-order chi connectivity index (χ1) is 7.44. The molecule has 90 valence electrons. The Balaban J connectivity index is 2.63. The maximum atomic E-state index is 8.94. The molecule has 4 heteroatoms. The van der Waals surface area contributed by atoms with Gasteiger partial charge in [-0.2, -0.15) is 0 Å². The Labute approximate surface area is 97.1 Å². The van der Waals surface area contributed by atoms with Crippen molar-refractivity contribution >= 4 is 5.82 Å². The fraction of sp³-hybridized carbons (Fsp3) is 0.667. The number of aliphatic hydroxyl groups excluding tert-OH is 1. The van der Waals surface area contributed by atoms with Gasteiger partial charge in [0.2, 0.25) is 0 Å². The van der Waals surface area contributed by atoms with E-state index in [1.165, 1.54) is 0 Å².